The van der Waals surface area contributed by atoms with Crippen LogP contribution in [0.3, 0.4) is 0 Å². The van der Waals surface area contributed by atoms with Gasteiger partial charge in [-0.1, -0.05) is 12.1 Å². The number of fused-ring (bicyclic) bond motifs is 1. The van der Waals surface area contributed by atoms with Crippen LogP contribution in [0.4, 0.5) is 15.8 Å². The van der Waals surface area contributed by atoms with Gasteiger partial charge in [0.2, 0.25) is 0 Å². The van der Waals surface area contributed by atoms with E-state index in [9.17, 15) is 9.18 Å². The number of ether oxygens (including phenoxy) is 1. The van der Waals surface area contributed by atoms with Crippen LogP contribution in [0, 0.1) is 5.82 Å². The molecule has 1 aliphatic rings. The molecular formula is C16H15FN2O2. The van der Waals surface area contributed by atoms with Gasteiger partial charge in [-0.2, -0.15) is 0 Å². The average Bonchev–Trinajstić information content (AvgIpc) is 2.92. The Morgan fingerprint density at radius 3 is 2.86 bits per heavy atom. The summed E-state index contributed by atoms with van der Waals surface area (Å²) in [6.07, 6.45) is 0.755. The summed E-state index contributed by atoms with van der Waals surface area (Å²) in [5, 5.41) is 0. The first-order valence-electron chi connectivity index (χ1n) is 6.64. The van der Waals surface area contributed by atoms with E-state index in [2.05, 4.69) is 0 Å². The predicted molar refractivity (Wildman–Crippen MR) is 79.2 cm³/mol. The van der Waals surface area contributed by atoms with Crippen LogP contribution in [0.2, 0.25) is 0 Å². The summed E-state index contributed by atoms with van der Waals surface area (Å²) in [7, 11) is 1.39. The number of carbonyl (C=O) groups is 1. The SMILES string of the molecule is COc1ccc(C(=O)N2CCc3cccc(N)c32)cc1F. The Labute approximate surface area is 121 Å². The third-order valence-electron chi connectivity index (χ3n) is 3.67. The number of benzene rings is 2. The highest BCUT2D eigenvalue weighted by Gasteiger charge is 2.27. The molecule has 3 rings (SSSR count). The minimum Gasteiger partial charge on any atom is -0.494 e. The lowest BCUT2D eigenvalue weighted by molar-refractivity contribution is 0.0989. The zero-order valence-corrected chi connectivity index (χ0v) is 11.6. The van der Waals surface area contributed by atoms with Gasteiger partial charge in [-0.05, 0) is 36.2 Å². The molecule has 0 aromatic heterocycles. The number of nitrogen functional groups attached to an aromatic ring is 1. The number of methoxy groups -OCH3 is 1. The standard InChI is InChI=1S/C16H15FN2O2/c1-21-14-6-5-11(9-12(14)17)16(20)19-8-7-10-3-2-4-13(18)15(10)19/h2-6,9H,7-8,18H2,1H3. The maximum Gasteiger partial charge on any atom is 0.258 e. The van der Waals surface area contributed by atoms with E-state index in [0.717, 1.165) is 17.7 Å². The van der Waals surface area contributed by atoms with E-state index >= 15 is 0 Å². The first kappa shape index (κ1) is 13.4. The molecule has 21 heavy (non-hydrogen) atoms. The van der Waals surface area contributed by atoms with Crippen LogP contribution in [0.5, 0.6) is 5.75 Å². The third-order valence-corrected chi connectivity index (χ3v) is 3.67. The van der Waals surface area contributed by atoms with Crippen molar-refractivity contribution in [3.05, 3.63) is 53.3 Å². The topological polar surface area (TPSA) is 55.6 Å². The number of rotatable bonds is 2. The lowest BCUT2D eigenvalue weighted by Crippen LogP contribution is -2.29. The van der Waals surface area contributed by atoms with E-state index in [0.29, 0.717) is 12.2 Å². The molecule has 2 N–H and O–H groups in total. The van der Waals surface area contributed by atoms with Gasteiger partial charge in [0.25, 0.3) is 5.91 Å². The van der Waals surface area contributed by atoms with E-state index in [4.69, 9.17) is 10.5 Å². The fourth-order valence-corrected chi connectivity index (χ4v) is 2.64. The fourth-order valence-electron chi connectivity index (χ4n) is 2.64. The molecule has 0 fully saturated rings. The van der Waals surface area contributed by atoms with Crippen molar-refractivity contribution in [2.24, 2.45) is 0 Å². The smallest absolute Gasteiger partial charge is 0.258 e. The maximum absolute atomic E-state index is 13.8. The summed E-state index contributed by atoms with van der Waals surface area (Å²) < 4.78 is 18.6. The predicted octanol–water partition coefficient (Wildman–Crippen LogP) is 2.62. The zero-order chi connectivity index (χ0) is 15.0. The van der Waals surface area contributed by atoms with E-state index in [1.165, 1.54) is 19.2 Å². The first-order chi connectivity index (χ1) is 10.1. The van der Waals surface area contributed by atoms with E-state index < -0.39 is 5.82 Å². The number of amides is 1. The first-order valence-corrected chi connectivity index (χ1v) is 6.64. The molecule has 0 spiro atoms. The minimum atomic E-state index is -0.552. The number of para-hydroxylation sites is 1. The van der Waals surface area contributed by atoms with Gasteiger partial charge in [-0.15, -0.1) is 0 Å². The molecular weight excluding hydrogens is 271 g/mol. The van der Waals surface area contributed by atoms with Crippen LogP contribution in [0.25, 0.3) is 0 Å². The Hall–Kier alpha value is -2.56. The van der Waals surface area contributed by atoms with Crippen molar-refractivity contribution in [1.29, 1.82) is 0 Å². The van der Waals surface area contributed by atoms with Crippen molar-refractivity contribution < 1.29 is 13.9 Å². The number of halogens is 1. The van der Waals surface area contributed by atoms with Crippen molar-refractivity contribution in [3.8, 4) is 5.75 Å². The highest BCUT2D eigenvalue weighted by atomic mass is 19.1. The van der Waals surface area contributed by atoms with Gasteiger partial charge >= 0.3 is 0 Å². The van der Waals surface area contributed by atoms with Gasteiger partial charge in [0.1, 0.15) is 0 Å². The molecule has 0 bridgehead atoms. The second kappa shape index (κ2) is 5.09. The normalized spacial score (nSPS) is 13.1. The molecule has 5 heteroatoms. The molecule has 0 saturated heterocycles. The highest BCUT2D eigenvalue weighted by Crippen LogP contribution is 2.34. The van der Waals surface area contributed by atoms with Crippen molar-refractivity contribution >= 4 is 17.3 Å². The number of nitrogens with two attached hydrogens (primary N) is 1. The molecule has 1 heterocycles. The molecule has 0 atom stereocenters. The van der Waals surface area contributed by atoms with Crippen LogP contribution in [0.15, 0.2) is 36.4 Å². The van der Waals surface area contributed by atoms with Crippen LogP contribution >= 0.6 is 0 Å². The Morgan fingerprint density at radius 1 is 1.33 bits per heavy atom. The number of anilines is 2. The van der Waals surface area contributed by atoms with Gasteiger partial charge in [0, 0.05) is 12.1 Å². The number of carbonyl (C=O) groups excluding carboxylic acids is 1. The molecule has 2 aromatic rings. The highest BCUT2D eigenvalue weighted by molar-refractivity contribution is 6.09. The molecule has 0 unspecified atom stereocenters. The van der Waals surface area contributed by atoms with Crippen LogP contribution < -0.4 is 15.4 Å². The molecule has 108 valence electrons. The molecule has 1 aliphatic heterocycles. The Morgan fingerprint density at radius 2 is 2.14 bits per heavy atom. The van der Waals surface area contributed by atoms with Gasteiger partial charge < -0.3 is 15.4 Å². The summed E-state index contributed by atoms with van der Waals surface area (Å²) in [4.78, 5) is 14.2. The van der Waals surface area contributed by atoms with Crippen molar-refractivity contribution in [2.75, 3.05) is 24.3 Å². The Bertz CT molecular complexity index is 715. The molecule has 2 aromatic carbocycles. The van der Waals surface area contributed by atoms with Crippen LogP contribution in [-0.4, -0.2) is 19.6 Å². The quantitative estimate of drug-likeness (QED) is 0.863. The van der Waals surface area contributed by atoms with Crippen LogP contribution in [-0.2, 0) is 6.42 Å². The summed E-state index contributed by atoms with van der Waals surface area (Å²) in [5.74, 6) is -0.690. The summed E-state index contributed by atoms with van der Waals surface area (Å²) in [5.41, 5.74) is 8.58. The summed E-state index contributed by atoms with van der Waals surface area (Å²) >= 11 is 0. The van der Waals surface area contributed by atoms with Gasteiger partial charge in [0.15, 0.2) is 11.6 Å². The fraction of sp³-hybridized carbons (Fsp3) is 0.188. The number of hydrogen-bond donors (Lipinski definition) is 1. The summed E-state index contributed by atoms with van der Waals surface area (Å²) in [6.45, 7) is 0.552. The van der Waals surface area contributed by atoms with Crippen molar-refractivity contribution in [3.63, 3.8) is 0 Å². The lowest BCUT2D eigenvalue weighted by atomic mass is 10.1. The van der Waals surface area contributed by atoms with E-state index in [1.54, 1.807) is 17.0 Å². The maximum atomic E-state index is 13.8. The number of nitrogens with zero attached hydrogens (tertiary/aromatic N) is 1. The van der Waals surface area contributed by atoms with Crippen LogP contribution in [0.1, 0.15) is 15.9 Å². The van der Waals surface area contributed by atoms with Crippen molar-refractivity contribution in [2.45, 2.75) is 6.42 Å². The number of hydrogen-bond acceptors (Lipinski definition) is 3. The van der Waals surface area contributed by atoms with E-state index in [1.807, 2.05) is 12.1 Å². The molecule has 4 nitrogen and oxygen atoms in total. The van der Waals surface area contributed by atoms with Crippen molar-refractivity contribution in [1.82, 2.24) is 0 Å². The van der Waals surface area contributed by atoms with Gasteiger partial charge in [0.05, 0.1) is 18.5 Å². The van der Waals surface area contributed by atoms with Gasteiger partial charge in [-0.25, -0.2) is 4.39 Å². The average molecular weight is 286 g/mol. The lowest BCUT2D eigenvalue weighted by Gasteiger charge is -2.19. The monoisotopic (exact) mass is 286 g/mol. The Kier molecular flexibility index (Phi) is 3.25. The largest absolute Gasteiger partial charge is 0.494 e. The Balaban J connectivity index is 1.96. The molecule has 1 amide bonds. The molecule has 0 saturated carbocycles. The molecule has 0 radical (unpaired) electrons. The third kappa shape index (κ3) is 2.20. The second-order valence-corrected chi connectivity index (χ2v) is 4.91. The van der Waals surface area contributed by atoms with Gasteiger partial charge in [-0.3, -0.25) is 4.79 Å². The zero-order valence-electron chi connectivity index (χ0n) is 11.6. The summed E-state index contributed by atoms with van der Waals surface area (Å²) in [6, 6.07) is 9.79. The second-order valence-electron chi connectivity index (χ2n) is 4.91. The minimum absolute atomic E-state index is 0.118. The molecule has 0 aliphatic carbocycles. The van der Waals surface area contributed by atoms with E-state index in [-0.39, 0.29) is 17.2 Å².